The fraction of sp³-hybridized carbons (Fsp3) is 0.154. The molecule has 34 heavy (non-hydrogen) atoms. The van der Waals surface area contributed by atoms with Crippen LogP contribution in [-0.2, 0) is 6.42 Å². The second kappa shape index (κ2) is 10.4. The van der Waals surface area contributed by atoms with E-state index in [1.165, 1.54) is 0 Å². The number of carbonyl (C=O) groups excluding carboxylic acids is 1. The monoisotopic (exact) mass is 453 g/mol. The molecule has 0 saturated carbocycles. The van der Waals surface area contributed by atoms with Gasteiger partial charge in [-0.3, -0.25) is 0 Å². The molecule has 0 aliphatic carbocycles. The van der Waals surface area contributed by atoms with E-state index in [1.54, 1.807) is 6.20 Å². The summed E-state index contributed by atoms with van der Waals surface area (Å²) in [5.74, 6) is 2.65. The summed E-state index contributed by atoms with van der Waals surface area (Å²) in [6.45, 7) is 5.90. The number of para-hydroxylation sites is 1. The number of hydrogen-bond donors (Lipinski definition) is 4. The highest BCUT2D eigenvalue weighted by Gasteiger charge is 2.07. The molecular weight excluding hydrogens is 426 g/mol. The molecule has 0 fully saturated rings. The first-order valence-corrected chi connectivity index (χ1v) is 11.1. The first-order chi connectivity index (χ1) is 16.5. The molecule has 4 N–H and O–H groups in total. The van der Waals surface area contributed by atoms with Crippen molar-refractivity contribution in [2.75, 3.05) is 21.3 Å². The highest BCUT2D eigenvalue weighted by molar-refractivity contribution is 6.00. The van der Waals surface area contributed by atoms with Crippen molar-refractivity contribution >= 4 is 40.5 Å². The van der Waals surface area contributed by atoms with Gasteiger partial charge in [0.25, 0.3) is 0 Å². The molecule has 172 valence electrons. The van der Waals surface area contributed by atoms with E-state index in [1.807, 2.05) is 80.6 Å². The quantitative estimate of drug-likeness (QED) is 0.266. The Hall–Kier alpha value is -4.46. The molecule has 4 rings (SSSR count). The molecule has 0 radical (unpaired) electrons. The Balaban J connectivity index is 1.39. The van der Waals surface area contributed by atoms with E-state index in [0.717, 1.165) is 34.7 Å². The molecule has 0 bridgehead atoms. The minimum Gasteiger partial charge on any atom is -0.340 e. The van der Waals surface area contributed by atoms with E-state index >= 15 is 0 Å². The van der Waals surface area contributed by atoms with Gasteiger partial charge < -0.3 is 21.3 Å². The predicted octanol–water partition coefficient (Wildman–Crippen LogP) is 6.18. The van der Waals surface area contributed by atoms with Gasteiger partial charge in [0.05, 0.1) is 0 Å². The topological polar surface area (TPSA) is 104 Å². The number of aromatic nitrogens is 3. The number of urea groups is 1. The molecular formula is C26H27N7O. The van der Waals surface area contributed by atoms with Crippen LogP contribution in [0.25, 0.3) is 0 Å². The minimum atomic E-state index is -0.284. The van der Waals surface area contributed by atoms with Crippen molar-refractivity contribution in [2.24, 2.45) is 0 Å². The van der Waals surface area contributed by atoms with Gasteiger partial charge in [-0.15, -0.1) is 0 Å². The number of rotatable bonds is 7. The number of amides is 2. The molecule has 8 nitrogen and oxygen atoms in total. The van der Waals surface area contributed by atoms with E-state index in [-0.39, 0.29) is 6.03 Å². The van der Waals surface area contributed by atoms with E-state index in [9.17, 15) is 4.79 Å². The molecule has 0 atom stereocenters. The van der Waals surface area contributed by atoms with Crippen LogP contribution in [0.15, 0.2) is 72.9 Å². The van der Waals surface area contributed by atoms with Gasteiger partial charge in [-0.25, -0.2) is 19.7 Å². The van der Waals surface area contributed by atoms with Crippen LogP contribution in [0.2, 0.25) is 0 Å². The number of hydrogen-bond acceptors (Lipinski definition) is 6. The first-order valence-electron chi connectivity index (χ1n) is 11.1. The van der Waals surface area contributed by atoms with Crippen LogP contribution in [0.4, 0.5) is 39.3 Å². The molecule has 0 saturated heterocycles. The highest BCUT2D eigenvalue weighted by atomic mass is 16.2. The highest BCUT2D eigenvalue weighted by Crippen LogP contribution is 2.22. The van der Waals surface area contributed by atoms with Crippen molar-refractivity contribution in [2.45, 2.75) is 27.2 Å². The lowest BCUT2D eigenvalue weighted by Crippen LogP contribution is -2.20. The van der Waals surface area contributed by atoms with Gasteiger partial charge in [-0.05, 0) is 73.9 Å². The summed E-state index contributed by atoms with van der Waals surface area (Å²) in [4.78, 5) is 25.6. The third-order valence-corrected chi connectivity index (χ3v) is 5.07. The summed E-state index contributed by atoms with van der Waals surface area (Å²) >= 11 is 0. The lowest BCUT2D eigenvalue weighted by molar-refractivity contribution is 0.262. The van der Waals surface area contributed by atoms with Crippen LogP contribution >= 0.6 is 0 Å². The van der Waals surface area contributed by atoms with Crippen molar-refractivity contribution in [3.63, 3.8) is 0 Å². The fourth-order valence-electron chi connectivity index (χ4n) is 3.45. The number of benzene rings is 2. The standard InChI is InChI=1S/C26H27N7O/c1-4-19-7-5-6-8-22(19)32-26(34)31-21-11-9-20(10-12-21)30-24-16-25(29-18(3)28-24)33-23-15-17(2)13-14-27-23/h5-16H,4H2,1-3H3,(H2,31,32,34)(H2,27,28,29,30,33). The van der Waals surface area contributed by atoms with Crippen molar-refractivity contribution in [3.8, 4) is 0 Å². The normalized spacial score (nSPS) is 10.4. The molecule has 0 unspecified atom stereocenters. The maximum absolute atomic E-state index is 12.4. The Morgan fingerprint density at radius 1 is 0.794 bits per heavy atom. The SMILES string of the molecule is CCc1ccccc1NC(=O)Nc1ccc(Nc2cc(Nc3cc(C)ccn3)nc(C)n2)cc1. The van der Waals surface area contributed by atoms with E-state index in [0.29, 0.717) is 23.1 Å². The molecule has 0 aliphatic rings. The summed E-state index contributed by atoms with van der Waals surface area (Å²) in [6.07, 6.45) is 2.60. The lowest BCUT2D eigenvalue weighted by atomic mass is 10.1. The summed E-state index contributed by atoms with van der Waals surface area (Å²) < 4.78 is 0. The average molecular weight is 454 g/mol. The number of anilines is 6. The first kappa shape index (κ1) is 22.7. The fourth-order valence-corrected chi connectivity index (χ4v) is 3.45. The van der Waals surface area contributed by atoms with Crippen LogP contribution < -0.4 is 21.3 Å². The Bertz CT molecular complexity index is 1290. The molecule has 8 heteroatoms. The maximum atomic E-state index is 12.4. The molecule has 0 spiro atoms. The molecule has 2 aromatic carbocycles. The number of nitrogens with one attached hydrogen (secondary N) is 4. The van der Waals surface area contributed by atoms with Crippen molar-refractivity contribution in [3.05, 3.63) is 89.9 Å². The minimum absolute atomic E-state index is 0.284. The maximum Gasteiger partial charge on any atom is 0.323 e. The zero-order valence-electron chi connectivity index (χ0n) is 19.4. The van der Waals surface area contributed by atoms with Gasteiger partial charge in [-0.2, -0.15) is 0 Å². The number of carbonyl (C=O) groups is 1. The smallest absolute Gasteiger partial charge is 0.323 e. The van der Waals surface area contributed by atoms with Crippen LogP contribution in [-0.4, -0.2) is 21.0 Å². The van der Waals surface area contributed by atoms with Gasteiger partial charge in [0, 0.05) is 29.3 Å². The van der Waals surface area contributed by atoms with Gasteiger partial charge in [-0.1, -0.05) is 25.1 Å². The predicted molar refractivity (Wildman–Crippen MR) is 137 cm³/mol. The molecule has 2 aromatic heterocycles. The second-order valence-electron chi connectivity index (χ2n) is 7.82. The zero-order valence-corrected chi connectivity index (χ0v) is 19.4. The third kappa shape index (κ3) is 6.07. The number of nitrogens with zero attached hydrogens (tertiary/aromatic N) is 3. The van der Waals surface area contributed by atoms with Crippen molar-refractivity contribution in [1.82, 2.24) is 15.0 Å². The Kier molecular flexibility index (Phi) is 6.98. The molecule has 2 heterocycles. The van der Waals surface area contributed by atoms with Crippen LogP contribution in [0.3, 0.4) is 0 Å². The van der Waals surface area contributed by atoms with Crippen LogP contribution in [0.5, 0.6) is 0 Å². The van der Waals surface area contributed by atoms with Gasteiger partial charge in [0.15, 0.2) is 0 Å². The summed E-state index contributed by atoms with van der Waals surface area (Å²) in [6, 6.07) is 20.6. The van der Waals surface area contributed by atoms with Crippen LogP contribution in [0.1, 0.15) is 23.9 Å². The largest absolute Gasteiger partial charge is 0.340 e. The van der Waals surface area contributed by atoms with Crippen LogP contribution in [0, 0.1) is 13.8 Å². The van der Waals surface area contributed by atoms with E-state index < -0.39 is 0 Å². The van der Waals surface area contributed by atoms with Crippen molar-refractivity contribution in [1.29, 1.82) is 0 Å². The summed E-state index contributed by atoms with van der Waals surface area (Å²) in [5, 5.41) is 12.3. The number of pyridine rings is 1. The van der Waals surface area contributed by atoms with Gasteiger partial charge in [0.2, 0.25) is 0 Å². The Labute approximate surface area is 198 Å². The van der Waals surface area contributed by atoms with Crippen molar-refractivity contribution < 1.29 is 4.79 Å². The van der Waals surface area contributed by atoms with E-state index in [4.69, 9.17) is 0 Å². The Morgan fingerprint density at radius 2 is 1.50 bits per heavy atom. The summed E-state index contributed by atoms with van der Waals surface area (Å²) in [7, 11) is 0. The van der Waals surface area contributed by atoms with E-state index in [2.05, 4.69) is 43.1 Å². The molecule has 4 aromatic rings. The molecule has 0 aliphatic heterocycles. The second-order valence-corrected chi connectivity index (χ2v) is 7.82. The molecule has 2 amide bonds. The zero-order chi connectivity index (χ0) is 23.9. The number of aryl methyl sites for hydroxylation is 3. The summed E-state index contributed by atoms with van der Waals surface area (Å²) in [5.41, 5.74) is 4.52. The van der Waals surface area contributed by atoms with Gasteiger partial charge in [0.1, 0.15) is 23.3 Å². The van der Waals surface area contributed by atoms with Gasteiger partial charge >= 0.3 is 6.03 Å². The Morgan fingerprint density at radius 3 is 2.24 bits per heavy atom. The lowest BCUT2D eigenvalue weighted by Gasteiger charge is -2.12. The average Bonchev–Trinajstić information content (AvgIpc) is 2.80. The third-order valence-electron chi connectivity index (χ3n) is 5.07.